The molecule has 162 valence electrons. The summed E-state index contributed by atoms with van der Waals surface area (Å²) in [4.78, 5) is 12.4. The highest BCUT2D eigenvalue weighted by atomic mass is 19.1. The summed E-state index contributed by atoms with van der Waals surface area (Å²) in [5, 5.41) is 5.17. The van der Waals surface area contributed by atoms with Crippen molar-refractivity contribution in [3.63, 3.8) is 0 Å². The zero-order chi connectivity index (χ0) is 22.3. The standard InChI is InChI=1S/C26H24FN3O2/c1-2-15-32-23-13-9-20(10-14-23)26(31)29-28-16-21-18-30(25-6-4-3-5-24(21)25)17-19-7-11-22(27)12-8-19/h3-14,16,18H,2,15,17H2,1H3,(H,29,31)/b28-16+. The summed E-state index contributed by atoms with van der Waals surface area (Å²) in [6, 6.07) is 21.4. The number of aromatic nitrogens is 1. The van der Waals surface area contributed by atoms with E-state index in [1.165, 1.54) is 12.1 Å². The molecule has 0 aliphatic heterocycles. The van der Waals surface area contributed by atoms with Crippen molar-refractivity contribution >= 4 is 23.0 Å². The lowest BCUT2D eigenvalue weighted by Crippen LogP contribution is -2.17. The number of amides is 1. The Labute approximate surface area is 186 Å². The average Bonchev–Trinajstić information content (AvgIpc) is 3.17. The fourth-order valence-corrected chi connectivity index (χ4v) is 3.44. The van der Waals surface area contributed by atoms with Crippen molar-refractivity contribution in [1.29, 1.82) is 0 Å². The molecular weight excluding hydrogens is 405 g/mol. The van der Waals surface area contributed by atoms with Crippen molar-refractivity contribution in [3.05, 3.63) is 102 Å². The van der Waals surface area contributed by atoms with Crippen LogP contribution in [0.2, 0.25) is 0 Å². The maximum Gasteiger partial charge on any atom is 0.271 e. The predicted octanol–water partition coefficient (Wildman–Crippen LogP) is 5.38. The zero-order valence-corrected chi connectivity index (χ0v) is 17.8. The van der Waals surface area contributed by atoms with Gasteiger partial charge in [0.15, 0.2) is 0 Å². The third-order valence-electron chi connectivity index (χ3n) is 5.04. The fourth-order valence-electron chi connectivity index (χ4n) is 3.44. The van der Waals surface area contributed by atoms with Gasteiger partial charge in [0, 0.05) is 34.8 Å². The monoisotopic (exact) mass is 429 g/mol. The van der Waals surface area contributed by atoms with E-state index in [1.807, 2.05) is 37.4 Å². The first-order valence-corrected chi connectivity index (χ1v) is 10.5. The Hall–Kier alpha value is -3.93. The second-order valence-electron chi connectivity index (χ2n) is 7.43. The number of carbonyl (C=O) groups is 1. The smallest absolute Gasteiger partial charge is 0.271 e. The normalized spacial score (nSPS) is 11.2. The number of carbonyl (C=O) groups excluding carboxylic acids is 1. The lowest BCUT2D eigenvalue weighted by Gasteiger charge is -2.05. The second kappa shape index (κ2) is 9.92. The van der Waals surface area contributed by atoms with E-state index in [9.17, 15) is 9.18 Å². The molecular formula is C26H24FN3O2. The van der Waals surface area contributed by atoms with E-state index in [0.29, 0.717) is 18.7 Å². The van der Waals surface area contributed by atoms with Crippen molar-refractivity contribution in [3.8, 4) is 5.75 Å². The molecule has 0 saturated heterocycles. The lowest BCUT2D eigenvalue weighted by molar-refractivity contribution is 0.0955. The largest absolute Gasteiger partial charge is 0.494 e. The van der Waals surface area contributed by atoms with E-state index in [-0.39, 0.29) is 11.7 Å². The van der Waals surface area contributed by atoms with Gasteiger partial charge in [0.1, 0.15) is 11.6 Å². The highest BCUT2D eigenvalue weighted by molar-refractivity contribution is 6.00. The Morgan fingerprint density at radius 3 is 2.56 bits per heavy atom. The molecule has 1 heterocycles. The molecule has 32 heavy (non-hydrogen) atoms. The fraction of sp³-hybridized carbons (Fsp3) is 0.154. The highest BCUT2D eigenvalue weighted by Gasteiger charge is 2.08. The number of ether oxygens (including phenoxy) is 1. The maximum absolute atomic E-state index is 13.2. The van der Waals surface area contributed by atoms with Gasteiger partial charge in [0.05, 0.1) is 12.8 Å². The second-order valence-corrected chi connectivity index (χ2v) is 7.43. The van der Waals surface area contributed by atoms with Crippen molar-refractivity contribution in [1.82, 2.24) is 9.99 Å². The van der Waals surface area contributed by atoms with E-state index < -0.39 is 0 Å². The molecule has 0 aliphatic carbocycles. The molecule has 5 nitrogen and oxygen atoms in total. The van der Waals surface area contributed by atoms with Crippen molar-refractivity contribution in [2.24, 2.45) is 5.10 Å². The number of benzene rings is 3. The van der Waals surface area contributed by atoms with Crippen LogP contribution in [0.3, 0.4) is 0 Å². The minimum Gasteiger partial charge on any atom is -0.494 e. The molecule has 0 unspecified atom stereocenters. The molecule has 1 amide bonds. The van der Waals surface area contributed by atoms with Gasteiger partial charge in [0.2, 0.25) is 0 Å². The average molecular weight is 429 g/mol. The number of hydrogen-bond acceptors (Lipinski definition) is 3. The van der Waals surface area contributed by atoms with Gasteiger partial charge in [-0.3, -0.25) is 4.79 Å². The van der Waals surface area contributed by atoms with Gasteiger partial charge in [-0.25, -0.2) is 9.82 Å². The maximum atomic E-state index is 13.2. The Kier molecular flexibility index (Phi) is 6.60. The molecule has 0 radical (unpaired) electrons. The number of fused-ring (bicyclic) bond motifs is 1. The number of para-hydroxylation sites is 1. The van der Waals surface area contributed by atoms with Crippen LogP contribution < -0.4 is 10.2 Å². The van der Waals surface area contributed by atoms with Gasteiger partial charge in [-0.05, 0) is 54.4 Å². The van der Waals surface area contributed by atoms with Crippen LogP contribution in [0.15, 0.2) is 84.1 Å². The van der Waals surface area contributed by atoms with Gasteiger partial charge >= 0.3 is 0 Å². The summed E-state index contributed by atoms with van der Waals surface area (Å²) >= 11 is 0. The summed E-state index contributed by atoms with van der Waals surface area (Å²) in [5.41, 5.74) is 5.99. The van der Waals surface area contributed by atoms with E-state index in [1.54, 1.807) is 42.6 Å². The first kappa shape index (κ1) is 21.3. The molecule has 6 heteroatoms. The quantitative estimate of drug-likeness (QED) is 0.302. The molecule has 3 aromatic carbocycles. The van der Waals surface area contributed by atoms with E-state index in [4.69, 9.17) is 4.74 Å². The van der Waals surface area contributed by atoms with Crippen LogP contribution in [0.4, 0.5) is 4.39 Å². The first-order valence-electron chi connectivity index (χ1n) is 10.5. The van der Waals surface area contributed by atoms with Crippen molar-refractivity contribution in [2.75, 3.05) is 6.61 Å². The third kappa shape index (κ3) is 5.03. The van der Waals surface area contributed by atoms with Crippen LogP contribution in [0, 0.1) is 5.82 Å². The Morgan fingerprint density at radius 2 is 1.81 bits per heavy atom. The van der Waals surface area contributed by atoms with Gasteiger partial charge in [-0.15, -0.1) is 0 Å². The SMILES string of the molecule is CCCOc1ccc(C(=O)N/N=C/c2cn(Cc3ccc(F)cc3)c3ccccc23)cc1. The topological polar surface area (TPSA) is 55.6 Å². The van der Waals surface area contributed by atoms with E-state index in [2.05, 4.69) is 15.1 Å². The summed E-state index contributed by atoms with van der Waals surface area (Å²) in [5.74, 6) is 0.192. The van der Waals surface area contributed by atoms with Crippen LogP contribution >= 0.6 is 0 Å². The molecule has 0 aliphatic rings. The van der Waals surface area contributed by atoms with Gasteiger partial charge in [-0.2, -0.15) is 5.10 Å². The molecule has 0 saturated carbocycles. The van der Waals surface area contributed by atoms with Crippen LogP contribution in [0.5, 0.6) is 5.75 Å². The number of nitrogens with zero attached hydrogens (tertiary/aromatic N) is 2. The van der Waals surface area contributed by atoms with Crippen LogP contribution in [0.1, 0.15) is 34.8 Å². The minimum atomic E-state index is -0.293. The Bertz CT molecular complexity index is 1230. The molecule has 0 atom stereocenters. The number of halogens is 1. The van der Waals surface area contributed by atoms with Crippen LogP contribution in [0.25, 0.3) is 10.9 Å². The van der Waals surface area contributed by atoms with Crippen molar-refractivity contribution < 1.29 is 13.9 Å². The summed E-state index contributed by atoms with van der Waals surface area (Å²) in [6.07, 6.45) is 4.54. The molecule has 0 spiro atoms. The third-order valence-corrected chi connectivity index (χ3v) is 5.04. The minimum absolute atomic E-state index is 0.252. The van der Waals surface area contributed by atoms with Crippen molar-refractivity contribution in [2.45, 2.75) is 19.9 Å². The molecule has 4 rings (SSSR count). The van der Waals surface area contributed by atoms with E-state index in [0.717, 1.165) is 34.2 Å². The number of hydrogen-bond donors (Lipinski definition) is 1. The van der Waals surface area contributed by atoms with Crippen LogP contribution in [-0.2, 0) is 6.54 Å². The summed E-state index contributed by atoms with van der Waals surface area (Å²) in [6.45, 7) is 3.29. The molecule has 0 fully saturated rings. The molecule has 1 N–H and O–H groups in total. The number of hydrazone groups is 1. The number of nitrogens with one attached hydrogen (secondary N) is 1. The van der Waals surface area contributed by atoms with E-state index >= 15 is 0 Å². The summed E-state index contributed by atoms with van der Waals surface area (Å²) in [7, 11) is 0. The zero-order valence-electron chi connectivity index (χ0n) is 17.8. The number of rotatable bonds is 8. The highest BCUT2D eigenvalue weighted by Crippen LogP contribution is 2.21. The molecule has 0 bridgehead atoms. The Morgan fingerprint density at radius 1 is 1.06 bits per heavy atom. The Balaban J connectivity index is 1.47. The van der Waals surface area contributed by atoms with Crippen LogP contribution in [-0.4, -0.2) is 23.3 Å². The van der Waals surface area contributed by atoms with Gasteiger partial charge in [-0.1, -0.05) is 37.3 Å². The first-order chi connectivity index (χ1) is 15.6. The van der Waals surface area contributed by atoms with Gasteiger partial charge in [0.25, 0.3) is 5.91 Å². The molecule has 1 aromatic heterocycles. The molecule has 4 aromatic rings. The lowest BCUT2D eigenvalue weighted by atomic mass is 10.2. The van der Waals surface area contributed by atoms with Gasteiger partial charge < -0.3 is 9.30 Å². The summed E-state index contributed by atoms with van der Waals surface area (Å²) < 4.78 is 20.8. The predicted molar refractivity (Wildman–Crippen MR) is 125 cm³/mol.